The molecule has 0 aliphatic carbocycles. The lowest BCUT2D eigenvalue weighted by atomic mass is 10.2. The van der Waals surface area contributed by atoms with Crippen LogP contribution in [0.4, 0.5) is 5.69 Å². The second-order valence-electron chi connectivity index (χ2n) is 6.02. The van der Waals surface area contributed by atoms with E-state index < -0.39 is 0 Å². The number of benzene rings is 3. The van der Waals surface area contributed by atoms with Crippen LogP contribution >= 0.6 is 0 Å². The Morgan fingerprint density at radius 2 is 1.44 bits per heavy atom. The normalized spacial score (nSPS) is 10.3. The maximum absolute atomic E-state index is 12.3. The molecule has 3 rings (SSSR count). The van der Waals surface area contributed by atoms with Gasteiger partial charge in [-0.25, -0.2) is 0 Å². The van der Waals surface area contributed by atoms with Crippen LogP contribution in [0, 0.1) is 0 Å². The van der Waals surface area contributed by atoms with Crippen molar-refractivity contribution in [2.24, 2.45) is 0 Å². The predicted molar refractivity (Wildman–Crippen MR) is 108 cm³/mol. The van der Waals surface area contributed by atoms with Crippen molar-refractivity contribution in [3.63, 3.8) is 0 Å². The molecule has 0 bridgehead atoms. The number of nitrogens with one attached hydrogen (secondary N) is 1. The monoisotopic (exact) mass is 361 g/mol. The molecular formula is C23H23NO3. The molecule has 0 spiro atoms. The topological polar surface area (TPSA) is 47.6 Å². The lowest BCUT2D eigenvalue weighted by molar-refractivity contribution is 0.102. The third kappa shape index (κ3) is 5.61. The molecular weight excluding hydrogens is 338 g/mol. The van der Waals surface area contributed by atoms with Gasteiger partial charge in [0.1, 0.15) is 11.5 Å². The highest BCUT2D eigenvalue weighted by atomic mass is 16.5. The van der Waals surface area contributed by atoms with Gasteiger partial charge in [-0.2, -0.15) is 0 Å². The minimum absolute atomic E-state index is 0.157. The Kier molecular flexibility index (Phi) is 6.47. The van der Waals surface area contributed by atoms with Gasteiger partial charge in [-0.1, -0.05) is 30.3 Å². The van der Waals surface area contributed by atoms with Crippen LogP contribution < -0.4 is 14.8 Å². The van der Waals surface area contributed by atoms with E-state index in [-0.39, 0.29) is 5.91 Å². The van der Waals surface area contributed by atoms with Crippen LogP contribution in [-0.4, -0.2) is 19.1 Å². The van der Waals surface area contributed by atoms with E-state index in [1.807, 2.05) is 49.4 Å². The lowest BCUT2D eigenvalue weighted by Gasteiger charge is -2.09. The van der Waals surface area contributed by atoms with Gasteiger partial charge in [-0.05, 0) is 61.0 Å². The van der Waals surface area contributed by atoms with Crippen molar-refractivity contribution in [3.8, 4) is 11.5 Å². The number of ether oxygens (including phenoxy) is 2. The van der Waals surface area contributed by atoms with Crippen molar-refractivity contribution in [1.29, 1.82) is 0 Å². The molecule has 27 heavy (non-hydrogen) atoms. The number of rotatable bonds is 8. The molecule has 0 saturated heterocycles. The second-order valence-corrected chi connectivity index (χ2v) is 6.02. The van der Waals surface area contributed by atoms with Crippen molar-refractivity contribution in [1.82, 2.24) is 0 Å². The molecule has 3 aromatic rings. The van der Waals surface area contributed by atoms with Gasteiger partial charge in [0, 0.05) is 17.7 Å². The first-order valence-electron chi connectivity index (χ1n) is 9.05. The first-order valence-corrected chi connectivity index (χ1v) is 9.05. The third-order valence-corrected chi connectivity index (χ3v) is 4.04. The summed E-state index contributed by atoms with van der Waals surface area (Å²) in [5.74, 6) is 1.38. The van der Waals surface area contributed by atoms with E-state index in [4.69, 9.17) is 9.47 Å². The zero-order chi connectivity index (χ0) is 18.9. The molecule has 0 radical (unpaired) electrons. The smallest absolute Gasteiger partial charge is 0.255 e. The van der Waals surface area contributed by atoms with E-state index in [0.29, 0.717) is 18.8 Å². The van der Waals surface area contributed by atoms with Crippen molar-refractivity contribution in [3.05, 3.63) is 90.0 Å². The van der Waals surface area contributed by atoms with Gasteiger partial charge in [0.15, 0.2) is 0 Å². The van der Waals surface area contributed by atoms with Crippen LogP contribution in [0.5, 0.6) is 11.5 Å². The number of hydrogen-bond acceptors (Lipinski definition) is 3. The highest BCUT2D eigenvalue weighted by Gasteiger charge is 2.06. The standard InChI is InChI=1S/C23H23NO3/c1-2-26-21-12-8-19(9-13-21)23(25)24-20-10-14-22(15-11-20)27-17-16-18-6-4-3-5-7-18/h3-15H,2,16-17H2,1H3,(H,24,25). The van der Waals surface area contributed by atoms with E-state index >= 15 is 0 Å². The van der Waals surface area contributed by atoms with Gasteiger partial charge in [0.25, 0.3) is 5.91 Å². The SMILES string of the molecule is CCOc1ccc(C(=O)Nc2ccc(OCCc3ccccc3)cc2)cc1. The van der Waals surface area contributed by atoms with Crippen molar-refractivity contribution in [2.45, 2.75) is 13.3 Å². The van der Waals surface area contributed by atoms with Gasteiger partial charge < -0.3 is 14.8 Å². The van der Waals surface area contributed by atoms with Gasteiger partial charge >= 0.3 is 0 Å². The van der Waals surface area contributed by atoms with Crippen LogP contribution in [0.15, 0.2) is 78.9 Å². The average molecular weight is 361 g/mol. The zero-order valence-corrected chi connectivity index (χ0v) is 15.4. The Hall–Kier alpha value is -3.27. The summed E-state index contributed by atoms with van der Waals surface area (Å²) >= 11 is 0. The zero-order valence-electron chi connectivity index (χ0n) is 15.4. The fraction of sp³-hybridized carbons (Fsp3) is 0.174. The fourth-order valence-electron chi connectivity index (χ4n) is 2.64. The maximum Gasteiger partial charge on any atom is 0.255 e. The Morgan fingerprint density at radius 3 is 2.11 bits per heavy atom. The van der Waals surface area contributed by atoms with E-state index in [1.54, 1.807) is 24.3 Å². The summed E-state index contributed by atoms with van der Waals surface area (Å²) in [5, 5.41) is 2.88. The lowest BCUT2D eigenvalue weighted by Crippen LogP contribution is -2.11. The Bertz CT molecular complexity index is 843. The molecule has 0 fully saturated rings. The maximum atomic E-state index is 12.3. The predicted octanol–water partition coefficient (Wildman–Crippen LogP) is 4.96. The Balaban J connectivity index is 1.50. The average Bonchev–Trinajstić information content (AvgIpc) is 2.71. The van der Waals surface area contributed by atoms with E-state index in [0.717, 1.165) is 23.6 Å². The minimum Gasteiger partial charge on any atom is -0.494 e. The molecule has 0 saturated carbocycles. The van der Waals surface area contributed by atoms with E-state index in [9.17, 15) is 4.79 Å². The van der Waals surface area contributed by atoms with Crippen LogP contribution in [-0.2, 0) is 6.42 Å². The van der Waals surface area contributed by atoms with Crippen LogP contribution in [0.3, 0.4) is 0 Å². The third-order valence-electron chi connectivity index (χ3n) is 4.04. The molecule has 138 valence electrons. The molecule has 1 amide bonds. The molecule has 0 atom stereocenters. The molecule has 4 nitrogen and oxygen atoms in total. The molecule has 3 aromatic carbocycles. The van der Waals surface area contributed by atoms with Crippen molar-refractivity contribution >= 4 is 11.6 Å². The van der Waals surface area contributed by atoms with Gasteiger partial charge in [0.2, 0.25) is 0 Å². The Morgan fingerprint density at radius 1 is 0.815 bits per heavy atom. The van der Waals surface area contributed by atoms with E-state index in [1.165, 1.54) is 5.56 Å². The Labute approximate surface area is 159 Å². The summed E-state index contributed by atoms with van der Waals surface area (Å²) in [6, 6.07) is 24.7. The number of carbonyl (C=O) groups excluding carboxylic acids is 1. The number of carbonyl (C=O) groups is 1. The molecule has 0 unspecified atom stereocenters. The number of anilines is 1. The van der Waals surface area contributed by atoms with Gasteiger partial charge in [0.05, 0.1) is 13.2 Å². The molecule has 4 heteroatoms. The first-order chi connectivity index (χ1) is 13.2. The summed E-state index contributed by atoms with van der Waals surface area (Å²) in [6.45, 7) is 3.14. The van der Waals surface area contributed by atoms with Crippen LogP contribution in [0.1, 0.15) is 22.8 Å². The highest BCUT2D eigenvalue weighted by Crippen LogP contribution is 2.18. The van der Waals surface area contributed by atoms with Crippen molar-refractivity contribution in [2.75, 3.05) is 18.5 Å². The molecule has 0 aliphatic rings. The number of hydrogen-bond donors (Lipinski definition) is 1. The summed E-state index contributed by atoms with van der Waals surface area (Å²) in [4.78, 5) is 12.3. The molecule has 0 aliphatic heterocycles. The molecule has 0 aromatic heterocycles. The quantitative estimate of drug-likeness (QED) is 0.617. The summed E-state index contributed by atoms with van der Waals surface area (Å²) in [6.07, 6.45) is 0.858. The second kappa shape index (κ2) is 9.43. The van der Waals surface area contributed by atoms with Crippen LogP contribution in [0.2, 0.25) is 0 Å². The van der Waals surface area contributed by atoms with Gasteiger partial charge in [-0.3, -0.25) is 4.79 Å². The van der Waals surface area contributed by atoms with Crippen molar-refractivity contribution < 1.29 is 14.3 Å². The van der Waals surface area contributed by atoms with Gasteiger partial charge in [-0.15, -0.1) is 0 Å². The fourth-order valence-corrected chi connectivity index (χ4v) is 2.64. The number of amides is 1. The molecule has 1 N–H and O–H groups in total. The summed E-state index contributed by atoms with van der Waals surface area (Å²) in [7, 11) is 0. The summed E-state index contributed by atoms with van der Waals surface area (Å²) in [5.41, 5.74) is 2.56. The minimum atomic E-state index is -0.157. The summed E-state index contributed by atoms with van der Waals surface area (Å²) < 4.78 is 11.2. The van der Waals surface area contributed by atoms with Crippen LogP contribution in [0.25, 0.3) is 0 Å². The highest BCUT2D eigenvalue weighted by molar-refractivity contribution is 6.04. The van der Waals surface area contributed by atoms with E-state index in [2.05, 4.69) is 17.4 Å². The molecule has 0 heterocycles. The first kappa shape index (κ1) is 18.5. The largest absolute Gasteiger partial charge is 0.494 e.